The van der Waals surface area contributed by atoms with Crippen molar-refractivity contribution in [3.8, 4) is 0 Å². The number of hydrogen-bond acceptors (Lipinski definition) is 6. The standard InChI is InChI=1S/C39H44O6/c40-25-15-5-14-24-35-37(42-27-32-18-8-2-9-19-32)39(44-29-34-22-12-4-13-23-34)38(43-28-33-20-10-3-11-21-33)36(45-35)30-41-26-31-16-6-1-7-17-31/h1-13,15-23,35-40H,14,24-30H2/b15-5+/t35-,36?,37?,38-,39+/m0/s1. The van der Waals surface area contributed by atoms with Crippen LogP contribution in [-0.2, 0) is 50.1 Å². The van der Waals surface area contributed by atoms with E-state index in [4.69, 9.17) is 23.7 Å². The van der Waals surface area contributed by atoms with Crippen molar-refractivity contribution < 1.29 is 28.8 Å². The van der Waals surface area contributed by atoms with Crippen molar-refractivity contribution in [1.82, 2.24) is 0 Å². The molecule has 2 unspecified atom stereocenters. The molecule has 1 saturated heterocycles. The molecule has 4 aromatic rings. The fraction of sp³-hybridized carbons (Fsp3) is 0.333. The molecule has 45 heavy (non-hydrogen) atoms. The van der Waals surface area contributed by atoms with Gasteiger partial charge < -0.3 is 28.8 Å². The molecule has 5 atom stereocenters. The molecule has 1 heterocycles. The summed E-state index contributed by atoms with van der Waals surface area (Å²) in [6.07, 6.45) is 3.23. The smallest absolute Gasteiger partial charge is 0.115 e. The summed E-state index contributed by atoms with van der Waals surface area (Å²) >= 11 is 0. The van der Waals surface area contributed by atoms with Gasteiger partial charge in [-0.05, 0) is 35.1 Å². The van der Waals surface area contributed by atoms with Crippen LogP contribution < -0.4 is 0 Å². The maximum absolute atomic E-state index is 9.31. The van der Waals surface area contributed by atoms with E-state index in [1.54, 1.807) is 6.08 Å². The summed E-state index contributed by atoms with van der Waals surface area (Å²) in [5.41, 5.74) is 4.32. The minimum absolute atomic E-state index is 0.00756. The molecule has 0 amide bonds. The van der Waals surface area contributed by atoms with Gasteiger partial charge in [0.2, 0.25) is 0 Å². The zero-order chi connectivity index (χ0) is 30.9. The van der Waals surface area contributed by atoms with Gasteiger partial charge in [-0.2, -0.15) is 0 Å². The number of benzene rings is 4. The SMILES string of the molecule is OC/C=C/CC[C@@H]1OC(COCc2ccccc2)[C@H](OCc2ccccc2)[C@H](OCc2ccccc2)C1OCc1ccccc1. The summed E-state index contributed by atoms with van der Waals surface area (Å²) in [6, 6.07) is 40.6. The predicted octanol–water partition coefficient (Wildman–Crippen LogP) is 7.06. The zero-order valence-electron chi connectivity index (χ0n) is 25.7. The van der Waals surface area contributed by atoms with E-state index >= 15 is 0 Å². The summed E-state index contributed by atoms with van der Waals surface area (Å²) in [7, 11) is 0. The van der Waals surface area contributed by atoms with Crippen LogP contribution >= 0.6 is 0 Å². The van der Waals surface area contributed by atoms with Crippen molar-refractivity contribution in [2.24, 2.45) is 0 Å². The van der Waals surface area contributed by atoms with E-state index in [1.165, 1.54) is 0 Å². The Balaban J connectivity index is 1.42. The summed E-state index contributed by atoms with van der Waals surface area (Å²) in [5, 5.41) is 9.31. The second-order valence-corrected chi connectivity index (χ2v) is 11.2. The normalized spacial score (nSPS) is 21.7. The number of aliphatic hydroxyl groups is 1. The average molecular weight is 609 g/mol. The van der Waals surface area contributed by atoms with Crippen LogP contribution in [0.3, 0.4) is 0 Å². The Morgan fingerprint density at radius 2 is 0.933 bits per heavy atom. The van der Waals surface area contributed by atoms with E-state index in [-0.39, 0.29) is 18.8 Å². The Bertz CT molecular complexity index is 1370. The lowest BCUT2D eigenvalue weighted by atomic mass is 9.91. The van der Waals surface area contributed by atoms with Crippen LogP contribution in [0.15, 0.2) is 133 Å². The van der Waals surface area contributed by atoms with Crippen molar-refractivity contribution in [2.75, 3.05) is 13.2 Å². The minimum atomic E-state index is -0.449. The first kappa shape index (κ1) is 32.8. The van der Waals surface area contributed by atoms with Gasteiger partial charge in [0.1, 0.15) is 24.4 Å². The summed E-state index contributed by atoms with van der Waals surface area (Å²) in [6.45, 7) is 2.06. The summed E-state index contributed by atoms with van der Waals surface area (Å²) in [4.78, 5) is 0. The molecule has 1 fully saturated rings. The third-order valence-electron chi connectivity index (χ3n) is 7.87. The van der Waals surface area contributed by atoms with E-state index in [1.807, 2.05) is 78.9 Å². The van der Waals surface area contributed by atoms with E-state index in [0.717, 1.165) is 28.7 Å². The maximum atomic E-state index is 9.31. The predicted molar refractivity (Wildman–Crippen MR) is 175 cm³/mol. The van der Waals surface area contributed by atoms with Gasteiger partial charge in [-0.1, -0.05) is 133 Å². The van der Waals surface area contributed by atoms with Gasteiger partial charge >= 0.3 is 0 Å². The lowest BCUT2D eigenvalue weighted by Gasteiger charge is -2.46. The van der Waals surface area contributed by atoms with E-state index in [2.05, 4.69) is 48.5 Å². The number of hydrogen-bond donors (Lipinski definition) is 1. The van der Waals surface area contributed by atoms with Crippen molar-refractivity contribution in [3.63, 3.8) is 0 Å². The molecular weight excluding hydrogens is 564 g/mol. The molecule has 0 saturated carbocycles. The molecule has 0 aliphatic carbocycles. The van der Waals surface area contributed by atoms with E-state index in [0.29, 0.717) is 39.5 Å². The second-order valence-electron chi connectivity index (χ2n) is 11.2. The number of allylic oxidation sites excluding steroid dienone is 1. The van der Waals surface area contributed by atoms with Crippen LogP contribution in [0.25, 0.3) is 0 Å². The Labute approximate surface area is 267 Å². The largest absolute Gasteiger partial charge is 0.392 e. The van der Waals surface area contributed by atoms with Crippen LogP contribution in [-0.4, -0.2) is 48.8 Å². The summed E-state index contributed by atoms with van der Waals surface area (Å²) in [5.74, 6) is 0. The van der Waals surface area contributed by atoms with Crippen molar-refractivity contribution in [1.29, 1.82) is 0 Å². The van der Waals surface area contributed by atoms with Crippen LogP contribution in [0.2, 0.25) is 0 Å². The maximum Gasteiger partial charge on any atom is 0.115 e. The molecule has 6 nitrogen and oxygen atoms in total. The molecule has 4 aromatic carbocycles. The van der Waals surface area contributed by atoms with Gasteiger partial charge in [0.25, 0.3) is 0 Å². The zero-order valence-corrected chi connectivity index (χ0v) is 25.7. The Morgan fingerprint density at radius 3 is 1.40 bits per heavy atom. The van der Waals surface area contributed by atoms with Crippen LogP contribution in [0, 0.1) is 0 Å². The van der Waals surface area contributed by atoms with Gasteiger partial charge in [-0.15, -0.1) is 0 Å². The highest BCUT2D eigenvalue weighted by atomic mass is 16.6. The first-order chi connectivity index (χ1) is 22.3. The molecule has 0 aromatic heterocycles. The summed E-state index contributed by atoms with van der Waals surface area (Å²) < 4.78 is 33.3. The molecular formula is C39H44O6. The lowest BCUT2D eigenvalue weighted by molar-refractivity contribution is -0.273. The number of rotatable bonds is 17. The van der Waals surface area contributed by atoms with Crippen molar-refractivity contribution >= 4 is 0 Å². The average Bonchev–Trinajstić information content (AvgIpc) is 3.10. The molecule has 1 aliphatic rings. The highest BCUT2D eigenvalue weighted by Gasteiger charge is 2.48. The van der Waals surface area contributed by atoms with Gasteiger partial charge in [-0.3, -0.25) is 0 Å². The fourth-order valence-corrected chi connectivity index (χ4v) is 5.57. The quantitative estimate of drug-likeness (QED) is 0.130. The van der Waals surface area contributed by atoms with E-state index in [9.17, 15) is 5.11 Å². The molecule has 5 rings (SSSR count). The Kier molecular flexibility index (Phi) is 13.4. The lowest BCUT2D eigenvalue weighted by Crippen LogP contribution is -2.61. The molecule has 236 valence electrons. The van der Waals surface area contributed by atoms with Crippen molar-refractivity contribution in [2.45, 2.75) is 69.8 Å². The van der Waals surface area contributed by atoms with Gasteiger partial charge in [0.05, 0.1) is 45.7 Å². The highest BCUT2D eigenvalue weighted by Crippen LogP contribution is 2.33. The molecule has 1 aliphatic heterocycles. The fourth-order valence-electron chi connectivity index (χ4n) is 5.57. The third-order valence-corrected chi connectivity index (χ3v) is 7.87. The molecule has 0 spiro atoms. The molecule has 0 radical (unpaired) electrons. The second kappa shape index (κ2) is 18.4. The molecule has 6 heteroatoms. The van der Waals surface area contributed by atoms with Crippen molar-refractivity contribution in [3.05, 3.63) is 156 Å². The molecule has 0 bridgehead atoms. The van der Waals surface area contributed by atoms with E-state index < -0.39 is 18.3 Å². The Morgan fingerprint density at radius 1 is 0.511 bits per heavy atom. The Hall–Kier alpha value is -3.62. The topological polar surface area (TPSA) is 66.4 Å². The number of ether oxygens (including phenoxy) is 5. The van der Waals surface area contributed by atoms with Gasteiger partial charge in [-0.25, -0.2) is 0 Å². The highest BCUT2D eigenvalue weighted by molar-refractivity contribution is 5.16. The number of aliphatic hydroxyl groups excluding tert-OH is 1. The monoisotopic (exact) mass is 608 g/mol. The molecule has 1 N–H and O–H groups in total. The minimum Gasteiger partial charge on any atom is -0.392 e. The van der Waals surface area contributed by atoms with Crippen LogP contribution in [0.5, 0.6) is 0 Å². The third kappa shape index (κ3) is 10.5. The van der Waals surface area contributed by atoms with Gasteiger partial charge in [0, 0.05) is 0 Å². The van der Waals surface area contributed by atoms with Crippen LogP contribution in [0.1, 0.15) is 35.1 Å². The van der Waals surface area contributed by atoms with Crippen LogP contribution in [0.4, 0.5) is 0 Å². The van der Waals surface area contributed by atoms with Gasteiger partial charge in [0.15, 0.2) is 0 Å². The first-order valence-electron chi connectivity index (χ1n) is 15.8. The first-order valence-corrected chi connectivity index (χ1v) is 15.8.